The molecule has 1 N–H and O–H groups in total. The van der Waals surface area contributed by atoms with Crippen LogP contribution in [0.25, 0.3) is 0 Å². The summed E-state index contributed by atoms with van der Waals surface area (Å²) in [7, 11) is -3.19. The lowest BCUT2D eigenvalue weighted by Gasteiger charge is -2.36. The van der Waals surface area contributed by atoms with Crippen molar-refractivity contribution >= 4 is 9.84 Å². The minimum atomic E-state index is -3.19. The Morgan fingerprint density at radius 3 is 1.86 bits per heavy atom. The Kier molecular flexibility index (Phi) is 5.27. The van der Waals surface area contributed by atoms with Crippen molar-refractivity contribution in [2.75, 3.05) is 12.8 Å². The first-order valence-corrected chi connectivity index (χ1v) is 9.34. The fourth-order valence-corrected chi connectivity index (χ4v) is 3.42. The number of benzene rings is 1. The van der Waals surface area contributed by atoms with Crippen LogP contribution in [-0.4, -0.2) is 26.0 Å². The third-order valence-electron chi connectivity index (χ3n) is 4.77. The Morgan fingerprint density at radius 1 is 1.10 bits per heavy atom. The van der Waals surface area contributed by atoms with E-state index in [9.17, 15) is 8.42 Å². The summed E-state index contributed by atoms with van der Waals surface area (Å²) < 4.78 is 23.7. The van der Waals surface area contributed by atoms with Crippen LogP contribution in [0.2, 0.25) is 0 Å². The summed E-state index contributed by atoms with van der Waals surface area (Å²) in [6, 6.07) is 1.96. The van der Waals surface area contributed by atoms with Gasteiger partial charge in [-0.3, -0.25) is 0 Å². The van der Waals surface area contributed by atoms with Crippen molar-refractivity contribution in [3.8, 4) is 0 Å². The molecule has 0 aliphatic heterocycles. The van der Waals surface area contributed by atoms with E-state index in [4.69, 9.17) is 0 Å². The van der Waals surface area contributed by atoms with Gasteiger partial charge >= 0.3 is 0 Å². The van der Waals surface area contributed by atoms with Gasteiger partial charge < -0.3 is 5.32 Å². The second kappa shape index (κ2) is 6.09. The molecule has 120 valence electrons. The van der Waals surface area contributed by atoms with Crippen molar-refractivity contribution < 1.29 is 8.42 Å². The fraction of sp³-hybridized carbons (Fsp3) is 0.647. The summed E-state index contributed by atoms with van der Waals surface area (Å²) in [6.07, 6.45) is 1.32. The summed E-state index contributed by atoms with van der Waals surface area (Å²) in [4.78, 5) is 0. The molecule has 0 aliphatic rings. The van der Waals surface area contributed by atoms with Crippen molar-refractivity contribution in [3.63, 3.8) is 0 Å². The number of nitrogens with one attached hydrogen (secondary N) is 1. The molecule has 0 saturated heterocycles. The maximum absolute atomic E-state index is 12.3. The lowest BCUT2D eigenvalue weighted by Crippen LogP contribution is -2.45. The molecule has 0 aromatic heterocycles. The van der Waals surface area contributed by atoms with Gasteiger partial charge in [-0.2, -0.15) is 0 Å². The van der Waals surface area contributed by atoms with Crippen LogP contribution in [0.15, 0.2) is 6.07 Å². The molecular formula is C17H29NO2S. The molecule has 1 aromatic carbocycles. The van der Waals surface area contributed by atoms with E-state index in [1.165, 1.54) is 28.5 Å². The molecule has 4 heteroatoms. The maximum Gasteiger partial charge on any atom is 0.154 e. The molecule has 1 aromatic rings. The summed E-state index contributed by atoms with van der Waals surface area (Å²) in [5.74, 6) is 0. The number of aryl methyl sites for hydroxylation is 2. The molecule has 21 heavy (non-hydrogen) atoms. The van der Waals surface area contributed by atoms with Crippen LogP contribution < -0.4 is 5.32 Å². The SMILES string of the molecule is CCNC(c1c(C)c(C)cc(C)c1C)C(C)(C)S(C)(=O)=O. The molecule has 0 heterocycles. The van der Waals surface area contributed by atoms with Crippen molar-refractivity contribution in [2.24, 2.45) is 0 Å². The van der Waals surface area contributed by atoms with E-state index in [0.717, 1.165) is 12.1 Å². The summed E-state index contributed by atoms with van der Waals surface area (Å²) in [5, 5.41) is 3.40. The number of rotatable bonds is 5. The van der Waals surface area contributed by atoms with E-state index in [2.05, 4.69) is 39.1 Å². The number of hydrogen-bond acceptors (Lipinski definition) is 3. The third-order valence-corrected chi connectivity index (χ3v) is 6.92. The first kappa shape index (κ1) is 18.2. The van der Waals surface area contributed by atoms with Gasteiger partial charge in [0.05, 0.1) is 10.8 Å². The van der Waals surface area contributed by atoms with Gasteiger partial charge in [0.2, 0.25) is 0 Å². The Balaban J connectivity index is 3.66. The standard InChI is InChI=1S/C17H29NO2S/c1-9-18-16(17(6,7)21(8,19)20)15-13(4)11(2)10-12(3)14(15)5/h10,16,18H,9H2,1-8H3. The molecule has 0 spiro atoms. The van der Waals surface area contributed by atoms with Gasteiger partial charge in [-0.1, -0.05) is 13.0 Å². The second-order valence-electron chi connectivity index (χ2n) is 6.54. The molecular weight excluding hydrogens is 282 g/mol. The van der Waals surface area contributed by atoms with Crippen LogP contribution in [0.1, 0.15) is 54.6 Å². The molecule has 0 saturated carbocycles. The normalized spacial score (nSPS) is 14.3. The largest absolute Gasteiger partial charge is 0.309 e. The monoisotopic (exact) mass is 311 g/mol. The predicted molar refractivity (Wildman–Crippen MR) is 90.7 cm³/mol. The van der Waals surface area contributed by atoms with Crippen molar-refractivity contribution in [3.05, 3.63) is 33.9 Å². The highest BCUT2D eigenvalue weighted by molar-refractivity contribution is 7.92. The minimum absolute atomic E-state index is 0.212. The van der Waals surface area contributed by atoms with Crippen molar-refractivity contribution in [1.29, 1.82) is 0 Å². The molecule has 1 atom stereocenters. The van der Waals surface area contributed by atoms with Gasteiger partial charge in [-0.15, -0.1) is 0 Å². The van der Waals surface area contributed by atoms with Crippen LogP contribution >= 0.6 is 0 Å². The highest BCUT2D eigenvalue weighted by Crippen LogP contribution is 2.37. The molecule has 0 aliphatic carbocycles. The van der Waals surface area contributed by atoms with E-state index in [0.29, 0.717) is 0 Å². The molecule has 0 fully saturated rings. The van der Waals surface area contributed by atoms with Gasteiger partial charge in [0, 0.05) is 6.26 Å². The van der Waals surface area contributed by atoms with Crippen molar-refractivity contribution in [1.82, 2.24) is 5.32 Å². The van der Waals surface area contributed by atoms with Crippen LogP contribution in [0, 0.1) is 27.7 Å². The third kappa shape index (κ3) is 3.32. The van der Waals surface area contributed by atoms with Crippen LogP contribution in [0.4, 0.5) is 0 Å². The maximum atomic E-state index is 12.3. The Bertz CT molecular complexity index is 604. The molecule has 1 rings (SSSR count). The average Bonchev–Trinajstić information content (AvgIpc) is 2.34. The Morgan fingerprint density at radius 2 is 1.52 bits per heavy atom. The molecule has 0 bridgehead atoms. The molecule has 0 radical (unpaired) electrons. The molecule has 1 unspecified atom stereocenters. The van der Waals surface area contributed by atoms with Crippen molar-refractivity contribution in [2.45, 2.75) is 59.3 Å². The minimum Gasteiger partial charge on any atom is -0.309 e. The zero-order chi connectivity index (χ0) is 16.6. The summed E-state index contributed by atoms with van der Waals surface area (Å²) in [6.45, 7) is 14.7. The first-order chi connectivity index (χ1) is 9.45. The number of sulfone groups is 1. The second-order valence-corrected chi connectivity index (χ2v) is 9.14. The highest BCUT2D eigenvalue weighted by atomic mass is 32.2. The topological polar surface area (TPSA) is 46.2 Å². The lowest BCUT2D eigenvalue weighted by molar-refractivity contribution is 0.425. The van der Waals surface area contributed by atoms with E-state index in [1.807, 2.05) is 20.8 Å². The number of hydrogen-bond donors (Lipinski definition) is 1. The van der Waals surface area contributed by atoms with Crippen LogP contribution in [-0.2, 0) is 9.84 Å². The Labute approximate surface area is 130 Å². The zero-order valence-corrected chi connectivity index (χ0v) is 15.4. The van der Waals surface area contributed by atoms with Crippen LogP contribution in [0.5, 0.6) is 0 Å². The fourth-order valence-electron chi connectivity index (χ4n) is 2.79. The molecule has 3 nitrogen and oxygen atoms in total. The van der Waals surface area contributed by atoms with Gasteiger partial charge in [-0.05, 0) is 75.9 Å². The van der Waals surface area contributed by atoms with E-state index >= 15 is 0 Å². The van der Waals surface area contributed by atoms with Gasteiger partial charge in [0.25, 0.3) is 0 Å². The van der Waals surface area contributed by atoms with E-state index in [1.54, 1.807) is 0 Å². The first-order valence-electron chi connectivity index (χ1n) is 7.45. The van der Waals surface area contributed by atoms with E-state index < -0.39 is 14.6 Å². The quantitative estimate of drug-likeness (QED) is 0.906. The average molecular weight is 311 g/mol. The zero-order valence-electron chi connectivity index (χ0n) is 14.6. The summed E-state index contributed by atoms with van der Waals surface area (Å²) >= 11 is 0. The smallest absolute Gasteiger partial charge is 0.154 e. The van der Waals surface area contributed by atoms with Crippen LogP contribution in [0.3, 0.4) is 0 Å². The Hall–Kier alpha value is -0.870. The van der Waals surface area contributed by atoms with Gasteiger partial charge in [0.1, 0.15) is 0 Å². The lowest BCUT2D eigenvalue weighted by atomic mass is 9.85. The molecule has 0 amide bonds. The predicted octanol–water partition coefficient (Wildman–Crippen LogP) is 3.39. The summed E-state index contributed by atoms with van der Waals surface area (Å²) in [5.41, 5.74) is 5.91. The van der Waals surface area contributed by atoms with Gasteiger partial charge in [-0.25, -0.2) is 8.42 Å². The van der Waals surface area contributed by atoms with E-state index in [-0.39, 0.29) is 6.04 Å². The van der Waals surface area contributed by atoms with Gasteiger partial charge in [0.15, 0.2) is 9.84 Å². The highest BCUT2D eigenvalue weighted by Gasteiger charge is 2.41.